The molecule has 17 heavy (non-hydrogen) atoms. The van der Waals surface area contributed by atoms with Crippen molar-refractivity contribution in [2.24, 2.45) is 11.1 Å². The van der Waals surface area contributed by atoms with Gasteiger partial charge in [-0.15, -0.1) is 0 Å². The summed E-state index contributed by atoms with van der Waals surface area (Å²) in [6, 6.07) is 0. The first-order chi connectivity index (χ1) is 8.07. The van der Waals surface area contributed by atoms with Crippen molar-refractivity contribution in [1.82, 2.24) is 4.90 Å². The van der Waals surface area contributed by atoms with Gasteiger partial charge in [-0.1, -0.05) is 13.8 Å². The molecule has 0 aliphatic carbocycles. The molecule has 0 amide bonds. The van der Waals surface area contributed by atoms with Gasteiger partial charge in [0.1, 0.15) is 0 Å². The SMILES string of the molecule is COC1CCN(CCCC(C)(C)CCN)CC1. The van der Waals surface area contributed by atoms with Crippen molar-refractivity contribution in [3.8, 4) is 0 Å². The Labute approximate surface area is 107 Å². The molecule has 0 aromatic rings. The molecule has 1 aliphatic heterocycles. The first kappa shape index (κ1) is 14.9. The number of methoxy groups -OCH3 is 1. The molecule has 1 fully saturated rings. The lowest BCUT2D eigenvalue weighted by Gasteiger charge is -2.32. The van der Waals surface area contributed by atoms with E-state index in [0.717, 1.165) is 13.0 Å². The highest BCUT2D eigenvalue weighted by Gasteiger charge is 2.20. The van der Waals surface area contributed by atoms with Crippen LogP contribution in [0.2, 0.25) is 0 Å². The third kappa shape index (κ3) is 5.84. The van der Waals surface area contributed by atoms with Crippen LogP contribution in [0.3, 0.4) is 0 Å². The Morgan fingerprint density at radius 3 is 2.41 bits per heavy atom. The van der Waals surface area contributed by atoms with Crippen molar-refractivity contribution in [2.45, 2.75) is 52.1 Å². The molecule has 0 unspecified atom stereocenters. The fourth-order valence-corrected chi connectivity index (χ4v) is 2.67. The number of piperidine rings is 1. The van der Waals surface area contributed by atoms with Crippen LogP contribution in [0.5, 0.6) is 0 Å². The van der Waals surface area contributed by atoms with Gasteiger partial charge in [-0.25, -0.2) is 0 Å². The normalized spacial score (nSPS) is 19.8. The fraction of sp³-hybridized carbons (Fsp3) is 1.00. The monoisotopic (exact) mass is 242 g/mol. The van der Waals surface area contributed by atoms with E-state index in [4.69, 9.17) is 10.5 Å². The summed E-state index contributed by atoms with van der Waals surface area (Å²) in [4.78, 5) is 2.58. The van der Waals surface area contributed by atoms with Gasteiger partial charge in [0.05, 0.1) is 6.10 Å². The lowest BCUT2D eigenvalue weighted by atomic mass is 9.84. The molecule has 0 bridgehead atoms. The van der Waals surface area contributed by atoms with E-state index in [2.05, 4.69) is 18.7 Å². The topological polar surface area (TPSA) is 38.5 Å². The molecule has 102 valence electrons. The van der Waals surface area contributed by atoms with Gasteiger partial charge in [-0.05, 0) is 50.6 Å². The number of hydrogen-bond donors (Lipinski definition) is 1. The van der Waals surface area contributed by atoms with Gasteiger partial charge in [0.2, 0.25) is 0 Å². The number of hydrogen-bond acceptors (Lipinski definition) is 3. The minimum atomic E-state index is 0.416. The van der Waals surface area contributed by atoms with E-state index in [-0.39, 0.29) is 0 Å². The molecular formula is C14H30N2O. The average Bonchev–Trinajstić information content (AvgIpc) is 2.29. The molecule has 0 aromatic carbocycles. The summed E-state index contributed by atoms with van der Waals surface area (Å²) in [7, 11) is 1.83. The largest absolute Gasteiger partial charge is 0.381 e. The van der Waals surface area contributed by atoms with Crippen molar-refractivity contribution in [2.75, 3.05) is 33.3 Å². The Morgan fingerprint density at radius 1 is 1.24 bits per heavy atom. The van der Waals surface area contributed by atoms with Crippen molar-refractivity contribution in [1.29, 1.82) is 0 Å². The van der Waals surface area contributed by atoms with Gasteiger partial charge >= 0.3 is 0 Å². The quantitative estimate of drug-likeness (QED) is 0.744. The molecule has 3 nitrogen and oxygen atoms in total. The van der Waals surface area contributed by atoms with Crippen LogP contribution >= 0.6 is 0 Å². The zero-order valence-electron chi connectivity index (χ0n) is 11.9. The smallest absolute Gasteiger partial charge is 0.0595 e. The van der Waals surface area contributed by atoms with Gasteiger partial charge in [0.25, 0.3) is 0 Å². The van der Waals surface area contributed by atoms with Crippen LogP contribution in [0, 0.1) is 5.41 Å². The summed E-state index contributed by atoms with van der Waals surface area (Å²) in [6.07, 6.45) is 6.61. The summed E-state index contributed by atoms with van der Waals surface area (Å²) >= 11 is 0. The second-order valence-electron chi connectivity index (χ2n) is 6.08. The lowest BCUT2D eigenvalue weighted by molar-refractivity contribution is 0.0398. The predicted octanol–water partition coefficient (Wildman–Crippen LogP) is 2.25. The number of nitrogens with two attached hydrogens (primary N) is 1. The molecule has 0 saturated carbocycles. The summed E-state index contributed by atoms with van der Waals surface area (Å²) in [5, 5.41) is 0. The Bertz CT molecular complexity index is 198. The van der Waals surface area contributed by atoms with E-state index in [9.17, 15) is 0 Å². The van der Waals surface area contributed by atoms with Gasteiger partial charge in [0, 0.05) is 20.2 Å². The van der Waals surface area contributed by atoms with Crippen LogP contribution in [-0.4, -0.2) is 44.3 Å². The van der Waals surface area contributed by atoms with Crippen LogP contribution in [0.4, 0.5) is 0 Å². The van der Waals surface area contributed by atoms with E-state index in [1.165, 1.54) is 45.3 Å². The minimum Gasteiger partial charge on any atom is -0.381 e. The summed E-state index contributed by atoms with van der Waals surface area (Å²) in [5.41, 5.74) is 6.05. The zero-order valence-corrected chi connectivity index (χ0v) is 11.9. The number of likely N-dealkylation sites (tertiary alicyclic amines) is 1. The number of nitrogens with zero attached hydrogens (tertiary/aromatic N) is 1. The minimum absolute atomic E-state index is 0.416. The molecule has 1 rings (SSSR count). The summed E-state index contributed by atoms with van der Waals surface area (Å²) < 4.78 is 5.39. The molecular weight excluding hydrogens is 212 g/mol. The summed E-state index contributed by atoms with van der Waals surface area (Å²) in [6.45, 7) is 9.12. The van der Waals surface area contributed by atoms with E-state index >= 15 is 0 Å². The molecule has 0 spiro atoms. The highest BCUT2D eigenvalue weighted by Crippen LogP contribution is 2.26. The Kier molecular flexibility index (Phi) is 6.45. The van der Waals surface area contributed by atoms with Gasteiger partial charge in [0.15, 0.2) is 0 Å². The van der Waals surface area contributed by atoms with Crippen LogP contribution in [0.15, 0.2) is 0 Å². The van der Waals surface area contributed by atoms with E-state index in [1.54, 1.807) is 0 Å². The molecule has 0 radical (unpaired) electrons. The standard InChI is InChI=1S/C14H30N2O/c1-14(2,8-9-15)7-4-10-16-11-5-13(17-3)6-12-16/h13H,4-12,15H2,1-3H3. The van der Waals surface area contributed by atoms with Gasteiger partial charge in [-0.3, -0.25) is 0 Å². The third-order valence-corrected chi connectivity index (χ3v) is 4.02. The Hall–Kier alpha value is -0.120. The van der Waals surface area contributed by atoms with Crippen LogP contribution < -0.4 is 5.73 Å². The maximum absolute atomic E-state index is 5.64. The predicted molar refractivity (Wildman–Crippen MR) is 73.2 cm³/mol. The van der Waals surface area contributed by atoms with Crippen molar-refractivity contribution in [3.63, 3.8) is 0 Å². The lowest BCUT2D eigenvalue weighted by Crippen LogP contribution is -2.37. The fourth-order valence-electron chi connectivity index (χ4n) is 2.67. The van der Waals surface area contributed by atoms with Crippen molar-refractivity contribution < 1.29 is 4.74 Å². The first-order valence-corrected chi connectivity index (χ1v) is 7.02. The molecule has 0 aromatic heterocycles. The Morgan fingerprint density at radius 2 is 1.88 bits per heavy atom. The molecule has 1 heterocycles. The highest BCUT2D eigenvalue weighted by atomic mass is 16.5. The second-order valence-corrected chi connectivity index (χ2v) is 6.08. The number of ether oxygens (including phenoxy) is 1. The molecule has 1 saturated heterocycles. The summed E-state index contributed by atoms with van der Waals surface area (Å²) in [5.74, 6) is 0. The maximum Gasteiger partial charge on any atom is 0.0595 e. The second kappa shape index (κ2) is 7.34. The van der Waals surface area contributed by atoms with Crippen LogP contribution in [0.25, 0.3) is 0 Å². The highest BCUT2D eigenvalue weighted by molar-refractivity contribution is 4.74. The van der Waals surface area contributed by atoms with Crippen molar-refractivity contribution in [3.05, 3.63) is 0 Å². The zero-order chi connectivity index (χ0) is 12.7. The molecule has 2 N–H and O–H groups in total. The van der Waals surface area contributed by atoms with Gasteiger partial charge < -0.3 is 15.4 Å². The Balaban J connectivity index is 2.11. The maximum atomic E-state index is 5.64. The van der Waals surface area contributed by atoms with E-state index in [0.29, 0.717) is 11.5 Å². The van der Waals surface area contributed by atoms with Crippen LogP contribution in [-0.2, 0) is 4.74 Å². The average molecular weight is 242 g/mol. The van der Waals surface area contributed by atoms with Crippen molar-refractivity contribution >= 4 is 0 Å². The number of rotatable bonds is 7. The molecule has 1 aliphatic rings. The molecule has 3 heteroatoms. The van der Waals surface area contributed by atoms with E-state index < -0.39 is 0 Å². The first-order valence-electron chi connectivity index (χ1n) is 7.02. The van der Waals surface area contributed by atoms with E-state index in [1.807, 2.05) is 7.11 Å². The molecule has 0 atom stereocenters. The van der Waals surface area contributed by atoms with Gasteiger partial charge in [-0.2, -0.15) is 0 Å². The van der Waals surface area contributed by atoms with Crippen LogP contribution in [0.1, 0.15) is 46.0 Å². The third-order valence-electron chi connectivity index (χ3n) is 4.02.